The van der Waals surface area contributed by atoms with Gasteiger partial charge in [-0.05, 0) is 48.2 Å². The minimum absolute atomic E-state index is 0.164. The molecule has 1 N–H and O–H groups in total. The Hall–Kier alpha value is -3.81. The van der Waals surface area contributed by atoms with Crippen LogP contribution in [0.4, 0.5) is 4.39 Å². The van der Waals surface area contributed by atoms with Gasteiger partial charge in [-0.25, -0.2) is 18.9 Å². The van der Waals surface area contributed by atoms with Crippen LogP contribution in [0.2, 0.25) is 0 Å². The molecule has 0 unspecified atom stereocenters. The molecule has 1 amide bonds. The molecule has 2 aromatic carbocycles. The van der Waals surface area contributed by atoms with Gasteiger partial charge in [-0.15, -0.1) is 0 Å². The Morgan fingerprint density at radius 3 is 2.67 bits per heavy atom. The van der Waals surface area contributed by atoms with Crippen LogP contribution in [0, 0.1) is 17.7 Å². The van der Waals surface area contributed by atoms with Crippen molar-refractivity contribution >= 4 is 16.8 Å². The molecule has 0 spiro atoms. The molecule has 8 heteroatoms. The summed E-state index contributed by atoms with van der Waals surface area (Å²) in [7, 11) is 0. The quantitative estimate of drug-likeness (QED) is 0.513. The van der Waals surface area contributed by atoms with Crippen molar-refractivity contribution in [3.8, 4) is 16.8 Å². The Kier molecular flexibility index (Phi) is 4.60. The topological polar surface area (TPSA) is 83.9 Å². The number of aromatic amines is 1. The number of H-pyrrole nitrogens is 1. The number of amides is 1. The summed E-state index contributed by atoms with van der Waals surface area (Å²) in [6.45, 7) is 1.32. The maximum Gasteiger partial charge on any atom is 0.348 e. The van der Waals surface area contributed by atoms with E-state index in [-0.39, 0.29) is 23.4 Å². The number of nitrogens with one attached hydrogen (secondary N) is 1. The summed E-state index contributed by atoms with van der Waals surface area (Å²) < 4.78 is 16.5. The molecule has 2 fully saturated rings. The van der Waals surface area contributed by atoms with Gasteiger partial charge >= 0.3 is 5.69 Å². The summed E-state index contributed by atoms with van der Waals surface area (Å²) in [5, 5.41) is 7.60. The van der Waals surface area contributed by atoms with Gasteiger partial charge in [0.2, 0.25) is 5.91 Å². The van der Waals surface area contributed by atoms with Gasteiger partial charge in [0.1, 0.15) is 11.6 Å². The fraction of sp³-hybridized carbons (Fsp3) is 0.280. The van der Waals surface area contributed by atoms with Crippen LogP contribution < -0.4 is 5.69 Å². The first-order valence-corrected chi connectivity index (χ1v) is 11.2. The van der Waals surface area contributed by atoms with E-state index in [0.29, 0.717) is 30.9 Å². The Balaban J connectivity index is 1.25. The Bertz CT molecular complexity index is 1430. The smallest absolute Gasteiger partial charge is 0.342 e. The van der Waals surface area contributed by atoms with Gasteiger partial charge in [0, 0.05) is 42.9 Å². The monoisotopic (exact) mass is 443 g/mol. The van der Waals surface area contributed by atoms with Crippen molar-refractivity contribution in [1.29, 1.82) is 0 Å². The van der Waals surface area contributed by atoms with E-state index in [1.54, 1.807) is 18.3 Å². The van der Waals surface area contributed by atoms with Crippen LogP contribution >= 0.6 is 0 Å². The predicted molar refractivity (Wildman–Crippen MR) is 121 cm³/mol. The minimum Gasteiger partial charge on any atom is -0.342 e. The number of fused-ring (bicyclic) bond motifs is 1. The van der Waals surface area contributed by atoms with Gasteiger partial charge in [0.05, 0.1) is 11.2 Å². The summed E-state index contributed by atoms with van der Waals surface area (Å²) in [5.74, 6) is 0.633. The van der Waals surface area contributed by atoms with Gasteiger partial charge in [-0.1, -0.05) is 24.3 Å². The number of pyridine rings is 1. The number of hydrogen-bond donors (Lipinski definition) is 1. The van der Waals surface area contributed by atoms with Gasteiger partial charge in [-0.3, -0.25) is 9.78 Å². The number of benzene rings is 2. The molecule has 1 saturated carbocycles. The lowest BCUT2D eigenvalue weighted by molar-refractivity contribution is -0.138. The molecule has 1 aliphatic carbocycles. The van der Waals surface area contributed by atoms with Crippen molar-refractivity contribution in [3.05, 3.63) is 76.9 Å². The fourth-order valence-corrected chi connectivity index (χ4v) is 4.55. The molecule has 2 aliphatic rings. The third-order valence-electron chi connectivity index (χ3n) is 6.54. The zero-order valence-corrected chi connectivity index (χ0v) is 17.9. The highest BCUT2D eigenvalue weighted by molar-refractivity contribution is 5.84. The maximum absolute atomic E-state index is 15.2. The molecule has 3 heterocycles. The first kappa shape index (κ1) is 19.8. The first-order valence-electron chi connectivity index (χ1n) is 11.2. The van der Waals surface area contributed by atoms with E-state index in [1.165, 1.54) is 10.6 Å². The molecular formula is C25H22FN5O2. The maximum atomic E-state index is 15.2. The normalized spacial score (nSPS) is 16.2. The van der Waals surface area contributed by atoms with E-state index < -0.39 is 11.5 Å². The molecule has 0 bridgehead atoms. The van der Waals surface area contributed by atoms with Crippen LogP contribution in [-0.4, -0.2) is 43.6 Å². The lowest BCUT2D eigenvalue weighted by atomic mass is 9.95. The number of hydrogen-bond acceptors (Lipinski definition) is 4. The molecule has 7 nitrogen and oxygen atoms in total. The van der Waals surface area contributed by atoms with Crippen LogP contribution in [0.5, 0.6) is 0 Å². The Morgan fingerprint density at radius 1 is 1.09 bits per heavy atom. The molecule has 1 saturated heterocycles. The van der Waals surface area contributed by atoms with Crippen LogP contribution in [0.15, 0.2) is 59.5 Å². The zero-order chi connectivity index (χ0) is 22.5. The number of carbonyl (C=O) groups is 1. The van der Waals surface area contributed by atoms with E-state index in [1.807, 2.05) is 35.2 Å². The molecule has 1 aliphatic heterocycles. The highest BCUT2D eigenvalue weighted by Gasteiger charge is 2.39. The van der Waals surface area contributed by atoms with Crippen molar-refractivity contribution in [3.63, 3.8) is 0 Å². The summed E-state index contributed by atoms with van der Waals surface area (Å²) >= 11 is 0. The SMILES string of the molecule is O=C(C1CC1)N1CC(Cc2n[nH]c(=O)n2-c2ccc(-c3ccc4cccnc4c3)cc2F)C1. The van der Waals surface area contributed by atoms with E-state index in [4.69, 9.17) is 0 Å². The first-order chi connectivity index (χ1) is 16.1. The average molecular weight is 443 g/mol. The summed E-state index contributed by atoms with van der Waals surface area (Å²) in [6.07, 6.45) is 4.21. The molecule has 166 valence electrons. The minimum atomic E-state index is -0.502. The van der Waals surface area contributed by atoms with Crippen LogP contribution in [0.1, 0.15) is 18.7 Å². The highest BCUT2D eigenvalue weighted by atomic mass is 19.1. The van der Waals surface area contributed by atoms with Crippen LogP contribution in [0.25, 0.3) is 27.7 Å². The summed E-state index contributed by atoms with van der Waals surface area (Å²) in [6, 6.07) is 14.5. The van der Waals surface area contributed by atoms with Crippen molar-refractivity contribution < 1.29 is 9.18 Å². The van der Waals surface area contributed by atoms with Crippen LogP contribution in [-0.2, 0) is 11.2 Å². The lowest BCUT2D eigenvalue weighted by Crippen LogP contribution is -2.51. The van der Waals surface area contributed by atoms with E-state index in [2.05, 4.69) is 15.2 Å². The molecule has 2 aromatic heterocycles. The molecule has 4 aromatic rings. The molecular weight excluding hydrogens is 421 g/mol. The Labute approximate surface area is 188 Å². The lowest BCUT2D eigenvalue weighted by Gasteiger charge is -2.39. The number of nitrogens with zero attached hydrogens (tertiary/aromatic N) is 4. The van der Waals surface area contributed by atoms with Crippen LogP contribution in [0.3, 0.4) is 0 Å². The Morgan fingerprint density at radius 2 is 1.88 bits per heavy atom. The standard InChI is InChI=1S/C25H22FN5O2/c26-20-11-18(19-6-3-16-2-1-9-27-21(16)12-19)7-8-22(20)31-23(28-29-25(31)33)10-15-13-30(14-15)24(32)17-4-5-17/h1-3,6-9,11-12,15,17H,4-5,10,13-14H2,(H,29,33). The van der Waals surface area contributed by atoms with Gasteiger partial charge in [0.25, 0.3) is 0 Å². The molecule has 0 atom stereocenters. The number of likely N-dealkylation sites (tertiary alicyclic amines) is 1. The predicted octanol–water partition coefficient (Wildman–Crippen LogP) is 3.33. The largest absolute Gasteiger partial charge is 0.348 e. The number of carbonyl (C=O) groups excluding carboxylic acids is 1. The summed E-state index contributed by atoms with van der Waals surface area (Å²) in [4.78, 5) is 30.8. The van der Waals surface area contributed by atoms with Crippen molar-refractivity contribution in [2.75, 3.05) is 13.1 Å². The van der Waals surface area contributed by atoms with Crippen molar-refractivity contribution in [2.45, 2.75) is 19.3 Å². The van der Waals surface area contributed by atoms with E-state index >= 15 is 4.39 Å². The second-order valence-electron chi connectivity index (χ2n) is 8.95. The second-order valence-corrected chi connectivity index (χ2v) is 8.95. The van der Waals surface area contributed by atoms with Crippen molar-refractivity contribution in [2.24, 2.45) is 11.8 Å². The third-order valence-corrected chi connectivity index (χ3v) is 6.54. The third kappa shape index (κ3) is 3.61. The number of halogens is 1. The number of aromatic nitrogens is 4. The fourth-order valence-electron chi connectivity index (χ4n) is 4.55. The zero-order valence-electron chi connectivity index (χ0n) is 17.9. The van der Waals surface area contributed by atoms with E-state index in [0.717, 1.165) is 29.3 Å². The molecule has 0 radical (unpaired) electrons. The van der Waals surface area contributed by atoms with Crippen molar-refractivity contribution in [1.82, 2.24) is 24.6 Å². The molecule has 6 rings (SSSR count). The van der Waals surface area contributed by atoms with E-state index in [9.17, 15) is 9.59 Å². The number of rotatable bonds is 5. The average Bonchev–Trinajstić information content (AvgIpc) is 3.59. The molecule has 33 heavy (non-hydrogen) atoms. The van der Waals surface area contributed by atoms with Gasteiger partial charge < -0.3 is 4.90 Å². The van der Waals surface area contributed by atoms with Gasteiger partial charge in [-0.2, -0.15) is 5.10 Å². The second kappa shape index (κ2) is 7.65. The van der Waals surface area contributed by atoms with Gasteiger partial charge in [0.15, 0.2) is 0 Å². The summed E-state index contributed by atoms with van der Waals surface area (Å²) in [5.41, 5.74) is 2.08. The highest BCUT2D eigenvalue weighted by Crippen LogP contribution is 2.34.